The van der Waals surface area contributed by atoms with E-state index in [4.69, 9.17) is 21.7 Å². The molecule has 12 heteroatoms. The van der Waals surface area contributed by atoms with E-state index < -0.39 is 15.9 Å². The lowest BCUT2D eigenvalue weighted by molar-refractivity contribution is 0.0977. The molecule has 10 nitrogen and oxygen atoms in total. The van der Waals surface area contributed by atoms with Crippen molar-refractivity contribution < 1.29 is 22.7 Å². The summed E-state index contributed by atoms with van der Waals surface area (Å²) in [5.41, 5.74) is 0.900. The molecule has 0 saturated carbocycles. The molecule has 3 rings (SSSR count). The number of methoxy groups -OCH3 is 2. The number of carbonyl (C=O) groups is 1. The van der Waals surface area contributed by atoms with Crippen LogP contribution in [-0.2, 0) is 10.0 Å². The van der Waals surface area contributed by atoms with Crippen molar-refractivity contribution in [3.05, 3.63) is 66.5 Å². The van der Waals surface area contributed by atoms with E-state index in [9.17, 15) is 13.2 Å². The Morgan fingerprint density at radius 1 is 0.969 bits per heavy atom. The third kappa shape index (κ3) is 5.89. The number of hydrogen-bond donors (Lipinski definition) is 3. The van der Waals surface area contributed by atoms with Crippen LogP contribution in [-0.4, -0.2) is 43.6 Å². The van der Waals surface area contributed by atoms with Gasteiger partial charge < -0.3 is 14.8 Å². The van der Waals surface area contributed by atoms with Crippen LogP contribution in [0.5, 0.6) is 11.6 Å². The molecule has 0 atom stereocenters. The Hall–Kier alpha value is -3.77. The highest BCUT2D eigenvalue weighted by Crippen LogP contribution is 2.19. The Bertz CT molecular complexity index is 1220. The molecule has 3 N–H and O–H groups in total. The number of sulfonamides is 1. The second-order valence-electron chi connectivity index (χ2n) is 6.21. The number of amides is 1. The predicted octanol–water partition coefficient (Wildman–Crippen LogP) is 2.42. The van der Waals surface area contributed by atoms with E-state index in [1.165, 1.54) is 50.9 Å². The van der Waals surface area contributed by atoms with E-state index in [1.54, 1.807) is 24.3 Å². The molecule has 0 saturated heterocycles. The summed E-state index contributed by atoms with van der Waals surface area (Å²) in [6, 6.07) is 13.7. The van der Waals surface area contributed by atoms with Crippen LogP contribution >= 0.6 is 12.2 Å². The van der Waals surface area contributed by atoms with Gasteiger partial charge in [0.2, 0.25) is 5.88 Å². The summed E-state index contributed by atoms with van der Waals surface area (Å²) in [4.78, 5) is 20.0. The van der Waals surface area contributed by atoms with Gasteiger partial charge in [0.15, 0.2) is 5.11 Å². The summed E-state index contributed by atoms with van der Waals surface area (Å²) in [5, 5.41) is 5.45. The maximum atomic E-state index is 12.6. The molecule has 0 radical (unpaired) electrons. The highest BCUT2D eigenvalue weighted by Gasteiger charge is 2.16. The number of rotatable bonds is 7. The largest absolute Gasteiger partial charge is 0.497 e. The van der Waals surface area contributed by atoms with Crippen LogP contribution in [0, 0.1) is 0 Å². The van der Waals surface area contributed by atoms with E-state index in [2.05, 4.69) is 25.3 Å². The molecule has 0 unspecified atom stereocenters. The van der Waals surface area contributed by atoms with Crippen LogP contribution in [0.1, 0.15) is 10.4 Å². The van der Waals surface area contributed by atoms with Gasteiger partial charge in [0.25, 0.3) is 15.9 Å². The summed E-state index contributed by atoms with van der Waals surface area (Å²) in [5.74, 6) is 0.531. The Labute approximate surface area is 190 Å². The molecule has 0 fully saturated rings. The number of hydrogen-bond acceptors (Lipinski definition) is 8. The van der Waals surface area contributed by atoms with Crippen LogP contribution in [0.25, 0.3) is 0 Å². The third-order valence-electron chi connectivity index (χ3n) is 4.09. The number of nitrogens with one attached hydrogen (secondary N) is 3. The minimum absolute atomic E-state index is 0.00816. The van der Waals surface area contributed by atoms with Gasteiger partial charge in [-0.3, -0.25) is 14.8 Å². The highest BCUT2D eigenvalue weighted by atomic mass is 32.2. The molecule has 1 amide bonds. The minimum Gasteiger partial charge on any atom is -0.497 e. The normalized spacial score (nSPS) is 10.7. The SMILES string of the molecule is COc1ccc(C(=O)NC(=S)Nc2ccc(S(=O)(=O)Nc3cc(OC)ncn3)cc2)cc1. The predicted molar refractivity (Wildman–Crippen MR) is 123 cm³/mol. The van der Waals surface area contributed by atoms with Crippen molar-refractivity contribution in [1.29, 1.82) is 0 Å². The second-order valence-corrected chi connectivity index (χ2v) is 8.30. The van der Waals surface area contributed by atoms with Crippen molar-refractivity contribution in [2.75, 3.05) is 24.3 Å². The maximum absolute atomic E-state index is 12.6. The van der Waals surface area contributed by atoms with Crippen molar-refractivity contribution in [3.63, 3.8) is 0 Å². The molecule has 0 aliphatic heterocycles. The summed E-state index contributed by atoms with van der Waals surface area (Å²) in [6.07, 6.45) is 1.19. The quantitative estimate of drug-likeness (QED) is 0.443. The lowest BCUT2D eigenvalue weighted by Gasteiger charge is -2.11. The molecular formula is C20H19N5O5S2. The second kappa shape index (κ2) is 10.0. The van der Waals surface area contributed by atoms with Gasteiger partial charge in [0.05, 0.1) is 19.1 Å². The van der Waals surface area contributed by atoms with Gasteiger partial charge in [0.1, 0.15) is 17.9 Å². The minimum atomic E-state index is -3.88. The zero-order valence-electron chi connectivity index (χ0n) is 17.0. The van der Waals surface area contributed by atoms with E-state index in [0.29, 0.717) is 17.0 Å². The van der Waals surface area contributed by atoms with Gasteiger partial charge in [-0.25, -0.2) is 18.4 Å². The van der Waals surface area contributed by atoms with E-state index in [-0.39, 0.29) is 21.7 Å². The molecule has 32 heavy (non-hydrogen) atoms. The topological polar surface area (TPSA) is 132 Å². The first-order valence-corrected chi connectivity index (χ1v) is 10.9. The molecule has 0 aliphatic rings. The van der Waals surface area contributed by atoms with Crippen LogP contribution in [0.3, 0.4) is 0 Å². The van der Waals surface area contributed by atoms with Crippen molar-refractivity contribution >= 4 is 44.8 Å². The molecule has 1 heterocycles. The first-order chi connectivity index (χ1) is 15.3. The van der Waals surface area contributed by atoms with E-state index in [1.807, 2.05) is 0 Å². The van der Waals surface area contributed by atoms with Crippen molar-refractivity contribution in [2.24, 2.45) is 0 Å². The van der Waals surface area contributed by atoms with Gasteiger partial charge in [-0.2, -0.15) is 0 Å². The van der Waals surface area contributed by atoms with Crippen LogP contribution in [0.4, 0.5) is 11.5 Å². The van der Waals surface area contributed by atoms with Gasteiger partial charge in [-0.15, -0.1) is 0 Å². The summed E-state index contributed by atoms with van der Waals surface area (Å²) in [7, 11) is -0.932. The monoisotopic (exact) mass is 473 g/mol. The van der Waals surface area contributed by atoms with E-state index in [0.717, 1.165) is 0 Å². The third-order valence-corrected chi connectivity index (χ3v) is 5.67. The Morgan fingerprint density at radius 3 is 2.28 bits per heavy atom. The number of thiocarbonyl (C=S) groups is 1. The zero-order valence-corrected chi connectivity index (χ0v) is 18.7. The lowest BCUT2D eigenvalue weighted by Crippen LogP contribution is -2.34. The Kier molecular flexibility index (Phi) is 7.18. The molecule has 3 aromatic rings. The van der Waals surface area contributed by atoms with Crippen LogP contribution in [0.15, 0.2) is 65.8 Å². The molecule has 0 bridgehead atoms. The molecule has 2 aromatic carbocycles. The van der Waals surface area contributed by atoms with Crippen molar-refractivity contribution in [1.82, 2.24) is 15.3 Å². The molecule has 0 aliphatic carbocycles. The first-order valence-electron chi connectivity index (χ1n) is 9.06. The Morgan fingerprint density at radius 2 is 1.66 bits per heavy atom. The van der Waals surface area contributed by atoms with Gasteiger partial charge in [-0.1, -0.05) is 0 Å². The lowest BCUT2D eigenvalue weighted by atomic mass is 10.2. The van der Waals surface area contributed by atoms with Crippen molar-refractivity contribution in [3.8, 4) is 11.6 Å². The Balaban J connectivity index is 1.61. The van der Waals surface area contributed by atoms with E-state index >= 15 is 0 Å². The highest BCUT2D eigenvalue weighted by molar-refractivity contribution is 7.92. The first kappa shape index (κ1) is 22.9. The number of aromatic nitrogens is 2. The number of anilines is 2. The zero-order chi connectivity index (χ0) is 23.1. The van der Waals surface area contributed by atoms with Gasteiger partial charge in [-0.05, 0) is 60.7 Å². The fourth-order valence-corrected chi connectivity index (χ4v) is 3.71. The van der Waals surface area contributed by atoms with Crippen LogP contribution < -0.4 is 24.8 Å². The van der Waals surface area contributed by atoms with Gasteiger partial charge in [0, 0.05) is 17.3 Å². The summed E-state index contributed by atoms with van der Waals surface area (Å²) < 4.78 is 37.5. The number of ether oxygens (including phenoxy) is 2. The number of nitrogens with zero attached hydrogens (tertiary/aromatic N) is 2. The molecular weight excluding hydrogens is 454 g/mol. The molecule has 166 valence electrons. The summed E-state index contributed by atoms with van der Waals surface area (Å²) in [6.45, 7) is 0. The number of benzene rings is 2. The standard InChI is InChI=1S/C20H19N5O5S2/c1-29-15-7-3-13(4-8-15)19(26)24-20(31)23-14-5-9-16(10-6-14)32(27,28)25-17-11-18(30-2)22-12-21-17/h3-12H,1-2H3,(H,21,22,25)(H2,23,24,26,31). The summed E-state index contributed by atoms with van der Waals surface area (Å²) >= 11 is 5.15. The van der Waals surface area contributed by atoms with Crippen LogP contribution in [0.2, 0.25) is 0 Å². The van der Waals surface area contributed by atoms with Crippen molar-refractivity contribution in [2.45, 2.75) is 4.90 Å². The average molecular weight is 474 g/mol. The smallest absolute Gasteiger partial charge is 0.263 e. The maximum Gasteiger partial charge on any atom is 0.263 e. The fourth-order valence-electron chi connectivity index (χ4n) is 2.50. The average Bonchev–Trinajstić information content (AvgIpc) is 2.79. The molecule has 0 spiro atoms. The molecule has 1 aromatic heterocycles. The fraction of sp³-hybridized carbons (Fsp3) is 0.100. The van der Waals surface area contributed by atoms with Gasteiger partial charge >= 0.3 is 0 Å². The number of carbonyl (C=O) groups excluding carboxylic acids is 1.